The molecule has 1 unspecified atom stereocenters. The van der Waals surface area contributed by atoms with E-state index in [2.05, 4.69) is 6.92 Å². The molecule has 1 aliphatic rings. The number of carbonyl (C=O) groups excluding carboxylic acids is 1. The first-order valence-electron chi connectivity index (χ1n) is 6.87. The fourth-order valence-corrected chi connectivity index (χ4v) is 2.23. The van der Waals surface area contributed by atoms with Crippen LogP contribution in [0.4, 0.5) is 0 Å². The number of amides is 1. The molecular weight excluding hydrogens is 240 g/mol. The van der Waals surface area contributed by atoms with Gasteiger partial charge in [-0.1, -0.05) is 25.5 Å². The van der Waals surface area contributed by atoms with Crippen molar-refractivity contribution in [2.24, 2.45) is 17.4 Å². The van der Waals surface area contributed by atoms with Crippen molar-refractivity contribution < 1.29 is 9.53 Å². The molecule has 1 fully saturated rings. The van der Waals surface area contributed by atoms with Crippen molar-refractivity contribution in [3.63, 3.8) is 0 Å². The molecule has 104 valence electrons. The molecule has 1 aliphatic carbocycles. The third-order valence-corrected chi connectivity index (χ3v) is 3.70. The highest BCUT2D eigenvalue weighted by Crippen LogP contribution is 2.38. The van der Waals surface area contributed by atoms with Crippen molar-refractivity contribution in [2.75, 3.05) is 6.61 Å². The highest BCUT2D eigenvalue weighted by atomic mass is 16.5. The minimum Gasteiger partial charge on any atom is -0.491 e. The third-order valence-electron chi connectivity index (χ3n) is 3.70. The quantitative estimate of drug-likeness (QED) is 0.783. The van der Waals surface area contributed by atoms with Crippen LogP contribution >= 0.6 is 0 Å². The Morgan fingerprint density at radius 1 is 1.37 bits per heavy atom. The van der Waals surface area contributed by atoms with Crippen LogP contribution in [-0.4, -0.2) is 18.1 Å². The number of hydrogen-bond donors (Lipinski definition) is 2. The normalized spacial score (nSPS) is 17.8. The maximum atomic E-state index is 11.5. The zero-order chi connectivity index (χ0) is 13.9. The number of nitrogens with two attached hydrogens (primary N) is 2. The first kappa shape index (κ1) is 13.9. The third kappa shape index (κ3) is 3.26. The summed E-state index contributed by atoms with van der Waals surface area (Å²) in [7, 11) is 0. The number of ether oxygens (including phenoxy) is 1. The Morgan fingerprint density at radius 3 is 2.47 bits per heavy atom. The van der Waals surface area contributed by atoms with Crippen molar-refractivity contribution in [3.8, 4) is 5.75 Å². The standard InChI is InChI=1S/C15H22N2O2/c1-2-3-11-4-8-13(9-5-11)19-10-15(17,14(16)18)12-6-7-12/h4-5,8-9,12H,2-3,6-7,10,17H2,1H3,(H2,16,18). The number of primary amides is 1. The maximum Gasteiger partial charge on any atom is 0.241 e. The highest BCUT2D eigenvalue weighted by molar-refractivity contribution is 5.85. The second-order valence-corrected chi connectivity index (χ2v) is 5.36. The van der Waals surface area contributed by atoms with Gasteiger partial charge < -0.3 is 16.2 Å². The van der Waals surface area contributed by atoms with E-state index in [9.17, 15) is 4.79 Å². The molecule has 19 heavy (non-hydrogen) atoms. The average molecular weight is 262 g/mol. The summed E-state index contributed by atoms with van der Waals surface area (Å²) < 4.78 is 5.64. The molecule has 0 bridgehead atoms. The van der Waals surface area contributed by atoms with Gasteiger partial charge in [-0.15, -0.1) is 0 Å². The molecule has 0 heterocycles. The molecule has 0 radical (unpaired) electrons. The van der Waals surface area contributed by atoms with E-state index in [4.69, 9.17) is 16.2 Å². The monoisotopic (exact) mass is 262 g/mol. The minimum atomic E-state index is -1.03. The van der Waals surface area contributed by atoms with Crippen molar-refractivity contribution >= 4 is 5.91 Å². The zero-order valence-electron chi connectivity index (χ0n) is 11.4. The van der Waals surface area contributed by atoms with Crippen molar-refractivity contribution in [3.05, 3.63) is 29.8 Å². The lowest BCUT2D eigenvalue weighted by molar-refractivity contribution is -0.125. The van der Waals surface area contributed by atoms with E-state index in [0.717, 1.165) is 31.4 Å². The number of hydrogen-bond acceptors (Lipinski definition) is 3. The zero-order valence-corrected chi connectivity index (χ0v) is 11.4. The summed E-state index contributed by atoms with van der Waals surface area (Å²) in [6, 6.07) is 7.91. The lowest BCUT2D eigenvalue weighted by atomic mass is 9.95. The summed E-state index contributed by atoms with van der Waals surface area (Å²) in [5, 5.41) is 0. The number of benzene rings is 1. The Kier molecular flexibility index (Phi) is 4.10. The summed E-state index contributed by atoms with van der Waals surface area (Å²) in [6.07, 6.45) is 4.09. The van der Waals surface area contributed by atoms with Gasteiger partial charge in [-0.3, -0.25) is 4.79 Å². The fraction of sp³-hybridized carbons (Fsp3) is 0.533. The summed E-state index contributed by atoms with van der Waals surface area (Å²) in [5.74, 6) is 0.429. The summed E-state index contributed by atoms with van der Waals surface area (Å²) in [5.41, 5.74) is 11.7. The predicted octanol–water partition coefficient (Wildman–Crippen LogP) is 1.61. The SMILES string of the molecule is CCCc1ccc(OCC(N)(C(N)=O)C2CC2)cc1. The maximum absolute atomic E-state index is 11.5. The smallest absolute Gasteiger partial charge is 0.241 e. The van der Waals surface area contributed by atoms with Crippen LogP contribution in [0.15, 0.2) is 24.3 Å². The molecule has 0 aliphatic heterocycles. The van der Waals surface area contributed by atoms with Gasteiger partial charge in [0.15, 0.2) is 0 Å². The van der Waals surface area contributed by atoms with Crippen LogP contribution < -0.4 is 16.2 Å². The second kappa shape index (κ2) is 5.61. The van der Waals surface area contributed by atoms with Gasteiger partial charge in [0.2, 0.25) is 5.91 Å². The van der Waals surface area contributed by atoms with Gasteiger partial charge in [0.1, 0.15) is 17.9 Å². The summed E-state index contributed by atoms with van der Waals surface area (Å²) in [4.78, 5) is 11.5. The van der Waals surface area contributed by atoms with E-state index in [1.807, 2.05) is 24.3 Å². The van der Waals surface area contributed by atoms with E-state index in [0.29, 0.717) is 0 Å². The topological polar surface area (TPSA) is 78.3 Å². The highest BCUT2D eigenvalue weighted by Gasteiger charge is 2.47. The molecule has 4 nitrogen and oxygen atoms in total. The van der Waals surface area contributed by atoms with Crippen LogP contribution in [0.3, 0.4) is 0 Å². The Balaban J connectivity index is 1.95. The molecule has 0 saturated heterocycles. The molecule has 0 spiro atoms. The van der Waals surface area contributed by atoms with Crippen molar-refractivity contribution in [1.29, 1.82) is 0 Å². The molecule has 1 aromatic rings. The van der Waals surface area contributed by atoms with Gasteiger partial charge >= 0.3 is 0 Å². The molecular formula is C15H22N2O2. The molecule has 1 amide bonds. The summed E-state index contributed by atoms with van der Waals surface area (Å²) in [6.45, 7) is 2.30. The van der Waals surface area contributed by atoms with Crippen molar-refractivity contribution in [1.82, 2.24) is 0 Å². The molecule has 0 aromatic heterocycles. The number of aryl methyl sites for hydroxylation is 1. The van der Waals surface area contributed by atoms with E-state index in [1.165, 1.54) is 5.56 Å². The number of carbonyl (C=O) groups is 1. The van der Waals surface area contributed by atoms with Crippen LogP contribution in [0.25, 0.3) is 0 Å². The summed E-state index contributed by atoms with van der Waals surface area (Å²) >= 11 is 0. The first-order chi connectivity index (χ1) is 9.06. The predicted molar refractivity (Wildman–Crippen MR) is 74.8 cm³/mol. The van der Waals surface area contributed by atoms with Gasteiger partial charge in [0, 0.05) is 0 Å². The second-order valence-electron chi connectivity index (χ2n) is 5.36. The Bertz CT molecular complexity index is 440. The molecule has 4 N–H and O–H groups in total. The van der Waals surface area contributed by atoms with Crippen LogP contribution in [0.2, 0.25) is 0 Å². The molecule has 2 rings (SSSR count). The lowest BCUT2D eigenvalue weighted by Crippen LogP contribution is -2.58. The van der Waals surface area contributed by atoms with Gasteiger partial charge in [-0.2, -0.15) is 0 Å². The Labute approximate surface area is 114 Å². The largest absolute Gasteiger partial charge is 0.491 e. The minimum absolute atomic E-state index is 0.153. The van der Waals surface area contributed by atoms with Crippen LogP contribution in [0, 0.1) is 5.92 Å². The van der Waals surface area contributed by atoms with Gasteiger partial charge in [-0.05, 0) is 42.9 Å². The average Bonchev–Trinajstić information content (AvgIpc) is 3.22. The van der Waals surface area contributed by atoms with E-state index in [-0.39, 0.29) is 12.5 Å². The van der Waals surface area contributed by atoms with E-state index < -0.39 is 11.4 Å². The Morgan fingerprint density at radius 2 is 2.00 bits per heavy atom. The van der Waals surface area contributed by atoms with E-state index >= 15 is 0 Å². The van der Waals surface area contributed by atoms with Gasteiger partial charge in [0.05, 0.1) is 0 Å². The molecule has 4 heteroatoms. The van der Waals surface area contributed by atoms with Crippen molar-refractivity contribution in [2.45, 2.75) is 38.1 Å². The van der Waals surface area contributed by atoms with Crippen LogP contribution in [0.5, 0.6) is 5.75 Å². The fourth-order valence-electron chi connectivity index (χ4n) is 2.23. The van der Waals surface area contributed by atoms with Gasteiger partial charge in [-0.25, -0.2) is 0 Å². The molecule has 1 aromatic carbocycles. The van der Waals surface area contributed by atoms with Crippen LogP contribution in [0.1, 0.15) is 31.7 Å². The molecule has 1 atom stereocenters. The molecule has 1 saturated carbocycles. The van der Waals surface area contributed by atoms with E-state index in [1.54, 1.807) is 0 Å². The van der Waals surface area contributed by atoms with Crippen LogP contribution in [-0.2, 0) is 11.2 Å². The lowest BCUT2D eigenvalue weighted by Gasteiger charge is -2.25. The Hall–Kier alpha value is -1.55. The first-order valence-corrected chi connectivity index (χ1v) is 6.87. The number of rotatable bonds is 7. The van der Waals surface area contributed by atoms with Gasteiger partial charge in [0.25, 0.3) is 0 Å².